The van der Waals surface area contributed by atoms with Gasteiger partial charge < -0.3 is 9.47 Å². The average molecular weight is 222 g/mol. The Morgan fingerprint density at radius 1 is 1.19 bits per heavy atom. The lowest BCUT2D eigenvalue weighted by atomic mass is 10.1. The fourth-order valence-electron chi connectivity index (χ4n) is 1.19. The normalized spacial score (nSPS) is 9.69. The first-order chi connectivity index (χ1) is 7.54. The number of carbonyl (C=O) groups is 2. The highest BCUT2D eigenvalue weighted by atomic mass is 16.5. The molecular formula is C12H14O4. The van der Waals surface area contributed by atoms with E-state index < -0.39 is 0 Å². The third-order valence-corrected chi connectivity index (χ3v) is 2.00. The number of Topliss-reactive ketones (excluding diaryl/α,β-unsaturated/α-hetero) is 2. The molecule has 0 saturated carbocycles. The van der Waals surface area contributed by atoms with Gasteiger partial charge in [-0.25, -0.2) is 0 Å². The first-order valence-corrected chi connectivity index (χ1v) is 4.86. The molecule has 4 nitrogen and oxygen atoms in total. The first kappa shape index (κ1) is 12.2. The second kappa shape index (κ2) is 5.30. The minimum Gasteiger partial charge on any atom is -0.493 e. The minimum absolute atomic E-state index is 0.00419. The summed E-state index contributed by atoms with van der Waals surface area (Å²) in [5.74, 6) is 0.797. The molecule has 0 bridgehead atoms. The van der Waals surface area contributed by atoms with E-state index in [9.17, 15) is 9.59 Å². The van der Waals surface area contributed by atoms with Crippen molar-refractivity contribution in [1.29, 1.82) is 0 Å². The molecular weight excluding hydrogens is 208 g/mol. The fraction of sp³-hybridized carbons (Fsp3) is 0.333. The molecule has 0 atom stereocenters. The van der Waals surface area contributed by atoms with Crippen molar-refractivity contribution < 1.29 is 19.1 Å². The molecule has 0 N–H and O–H groups in total. The van der Waals surface area contributed by atoms with Crippen LogP contribution in [-0.2, 0) is 4.79 Å². The zero-order valence-electron chi connectivity index (χ0n) is 9.57. The van der Waals surface area contributed by atoms with Crippen LogP contribution in [0, 0.1) is 0 Å². The molecule has 86 valence electrons. The van der Waals surface area contributed by atoms with Crippen molar-refractivity contribution in [3.63, 3.8) is 0 Å². The number of rotatable bonds is 5. The quantitative estimate of drug-likeness (QED) is 0.713. The lowest BCUT2D eigenvalue weighted by molar-refractivity contribution is -0.118. The standard InChI is InChI=1S/C12H14O4/c1-8(13)7-16-11-5-4-10(9(2)14)6-12(11)15-3/h4-6H,7H2,1-3H3. The Bertz CT molecular complexity index is 409. The Morgan fingerprint density at radius 3 is 2.38 bits per heavy atom. The summed E-state index contributed by atoms with van der Waals surface area (Å²) in [5, 5.41) is 0. The van der Waals surface area contributed by atoms with E-state index >= 15 is 0 Å². The zero-order chi connectivity index (χ0) is 12.1. The fourth-order valence-corrected chi connectivity index (χ4v) is 1.19. The molecule has 0 heterocycles. The molecule has 0 spiro atoms. The number of hydrogen-bond acceptors (Lipinski definition) is 4. The lowest BCUT2D eigenvalue weighted by Crippen LogP contribution is -2.07. The molecule has 0 fully saturated rings. The van der Waals surface area contributed by atoms with Gasteiger partial charge >= 0.3 is 0 Å². The number of ketones is 2. The molecule has 0 aliphatic rings. The van der Waals surface area contributed by atoms with Crippen LogP contribution in [0.4, 0.5) is 0 Å². The maximum absolute atomic E-state index is 11.1. The molecule has 16 heavy (non-hydrogen) atoms. The second-order valence-corrected chi connectivity index (χ2v) is 3.41. The van der Waals surface area contributed by atoms with Gasteiger partial charge in [-0.3, -0.25) is 9.59 Å². The van der Waals surface area contributed by atoms with Crippen molar-refractivity contribution in [2.24, 2.45) is 0 Å². The highest BCUT2D eigenvalue weighted by Crippen LogP contribution is 2.28. The van der Waals surface area contributed by atoms with E-state index in [4.69, 9.17) is 9.47 Å². The number of methoxy groups -OCH3 is 1. The molecule has 0 aromatic heterocycles. The van der Waals surface area contributed by atoms with E-state index in [0.717, 1.165) is 0 Å². The molecule has 0 aliphatic heterocycles. The van der Waals surface area contributed by atoms with Gasteiger partial charge in [0.25, 0.3) is 0 Å². The van der Waals surface area contributed by atoms with Gasteiger partial charge in [0.1, 0.15) is 6.61 Å². The first-order valence-electron chi connectivity index (χ1n) is 4.86. The van der Waals surface area contributed by atoms with E-state index in [-0.39, 0.29) is 18.2 Å². The summed E-state index contributed by atoms with van der Waals surface area (Å²) in [4.78, 5) is 21.9. The van der Waals surface area contributed by atoms with E-state index in [0.29, 0.717) is 17.1 Å². The third-order valence-electron chi connectivity index (χ3n) is 2.00. The van der Waals surface area contributed by atoms with Gasteiger partial charge in [-0.15, -0.1) is 0 Å². The van der Waals surface area contributed by atoms with Crippen LogP contribution in [0.1, 0.15) is 24.2 Å². The molecule has 1 aromatic carbocycles. The maximum atomic E-state index is 11.1. The van der Waals surface area contributed by atoms with Crippen LogP contribution >= 0.6 is 0 Å². The Morgan fingerprint density at radius 2 is 1.88 bits per heavy atom. The summed E-state index contributed by atoms with van der Waals surface area (Å²) in [6.45, 7) is 2.91. The summed E-state index contributed by atoms with van der Waals surface area (Å²) in [6.07, 6.45) is 0. The predicted octanol–water partition coefficient (Wildman–Crippen LogP) is 1.87. The van der Waals surface area contributed by atoms with E-state index in [1.165, 1.54) is 21.0 Å². The van der Waals surface area contributed by atoms with Crippen molar-refractivity contribution in [2.45, 2.75) is 13.8 Å². The van der Waals surface area contributed by atoms with Gasteiger partial charge in [0, 0.05) is 5.56 Å². The molecule has 1 rings (SSSR count). The zero-order valence-corrected chi connectivity index (χ0v) is 9.57. The van der Waals surface area contributed by atoms with Crippen molar-refractivity contribution >= 4 is 11.6 Å². The van der Waals surface area contributed by atoms with Gasteiger partial charge in [-0.2, -0.15) is 0 Å². The largest absolute Gasteiger partial charge is 0.493 e. The Hall–Kier alpha value is -1.84. The van der Waals surface area contributed by atoms with Crippen molar-refractivity contribution in [3.05, 3.63) is 23.8 Å². The average Bonchev–Trinajstić information content (AvgIpc) is 2.25. The molecule has 0 radical (unpaired) electrons. The third kappa shape index (κ3) is 3.08. The van der Waals surface area contributed by atoms with E-state index in [1.807, 2.05) is 0 Å². The highest BCUT2D eigenvalue weighted by molar-refractivity contribution is 5.94. The number of carbonyl (C=O) groups excluding carboxylic acids is 2. The number of hydrogen-bond donors (Lipinski definition) is 0. The second-order valence-electron chi connectivity index (χ2n) is 3.41. The SMILES string of the molecule is COc1cc(C(C)=O)ccc1OCC(C)=O. The number of benzene rings is 1. The highest BCUT2D eigenvalue weighted by Gasteiger charge is 2.08. The van der Waals surface area contributed by atoms with Crippen molar-refractivity contribution in [2.75, 3.05) is 13.7 Å². The Balaban J connectivity index is 2.93. The predicted molar refractivity (Wildman–Crippen MR) is 59.2 cm³/mol. The summed E-state index contributed by atoms with van der Waals surface area (Å²) < 4.78 is 10.3. The molecule has 0 saturated heterocycles. The van der Waals surface area contributed by atoms with Crippen LogP contribution in [0.25, 0.3) is 0 Å². The summed E-state index contributed by atoms with van der Waals surface area (Å²) >= 11 is 0. The number of ether oxygens (including phenoxy) is 2. The van der Waals surface area contributed by atoms with Gasteiger partial charge in [0.2, 0.25) is 0 Å². The molecule has 0 unspecified atom stereocenters. The summed E-state index contributed by atoms with van der Waals surface area (Å²) in [6, 6.07) is 4.86. The Kier molecular flexibility index (Phi) is 4.05. The maximum Gasteiger partial charge on any atom is 0.167 e. The van der Waals surface area contributed by atoms with Gasteiger partial charge in [0.05, 0.1) is 7.11 Å². The molecule has 0 amide bonds. The molecule has 1 aromatic rings. The van der Waals surface area contributed by atoms with Crippen molar-refractivity contribution in [1.82, 2.24) is 0 Å². The smallest absolute Gasteiger partial charge is 0.167 e. The lowest BCUT2D eigenvalue weighted by Gasteiger charge is -2.10. The summed E-state index contributed by atoms with van der Waals surface area (Å²) in [7, 11) is 1.49. The van der Waals surface area contributed by atoms with Crippen molar-refractivity contribution in [3.8, 4) is 11.5 Å². The van der Waals surface area contributed by atoms with E-state index in [1.54, 1.807) is 18.2 Å². The minimum atomic E-state index is -0.0716. The van der Waals surface area contributed by atoms with Crippen LogP contribution in [0.2, 0.25) is 0 Å². The summed E-state index contributed by atoms with van der Waals surface area (Å²) in [5.41, 5.74) is 0.548. The van der Waals surface area contributed by atoms with E-state index in [2.05, 4.69) is 0 Å². The van der Waals surface area contributed by atoms with Crippen LogP contribution in [-0.4, -0.2) is 25.3 Å². The van der Waals surface area contributed by atoms with Crippen LogP contribution in [0.3, 0.4) is 0 Å². The molecule has 4 heteroatoms. The topological polar surface area (TPSA) is 52.6 Å². The van der Waals surface area contributed by atoms with Gasteiger partial charge in [0.15, 0.2) is 23.1 Å². The van der Waals surface area contributed by atoms with Crippen LogP contribution in [0.5, 0.6) is 11.5 Å². The van der Waals surface area contributed by atoms with Crippen LogP contribution < -0.4 is 9.47 Å². The monoisotopic (exact) mass is 222 g/mol. The molecule has 0 aliphatic carbocycles. The van der Waals surface area contributed by atoms with Gasteiger partial charge in [-0.1, -0.05) is 0 Å². The van der Waals surface area contributed by atoms with Gasteiger partial charge in [-0.05, 0) is 32.0 Å². The van der Waals surface area contributed by atoms with Crippen LogP contribution in [0.15, 0.2) is 18.2 Å². The Labute approximate surface area is 94.2 Å².